The molecule has 0 bridgehead atoms. The number of nitrogens with two attached hydrogens (primary N) is 1. The number of hydrogen-bond acceptors (Lipinski definition) is 5. The van der Waals surface area contributed by atoms with Crippen LogP contribution in [-0.4, -0.2) is 41.9 Å². The van der Waals surface area contributed by atoms with Crippen LogP contribution in [0.4, 0.5) is 0 Å². The maximum absolute atomic E-state index is 11.9. The van der Waals surface area contributed by atoms with E-state index in [9.17, 15) is 15.0 Å². The van der Waals surface area contributed by atoms with Gasteiger partial charge in [0, 0.05) is 19.1 Å². The van der Waals surface area contributed by atoms with E-state index in [-0.39, 0.29) is 17.4 Å². The minimum Gasteiger partial charge on any atom is -0.504 e. The standard InChI is InChI=1S/C14H20N2O4/c15-11(5-9-1-2-12(17)13(18)6-9)14(19)16-7-10-3-4-20-8-10/h1-2,6,10-11,17-18H,3-5,7-8,15H2,(H,16,19)/t10?,11-/m0/s1. The summed E-state index contributed by atoms with van der Waals surface area (Å²) >= 11 is 0. The quantitative estimate of drug-likeness (QED) is 0.573. The molecule has 20 heavy (non-hydrogen) atoms. The van der Waals surface area contributed by atoms with Gasteiger partial charge in [-0.2, -0.15) is 0 Å². The fraction of sp³-hybridized carbons (Fsp3) is 0.500. The van der Waals surface area contributed by atoms with Crippen molar-refractivity contribution >= 4 is 5.91 Å². The second kappa shape index (κ2) is 6.58. The van der Waals surface area contributed by atoms with Crippen LogP contribution in [0.3, 0.4) is 0 Å². The number of aromatic hydroxyl groups is 2. The topological polar surface area (TPSA) is 105 Å². The molecule has 1 aliphatic heterocycles. The van der Waals surface area contributed by atoms with Crippen molar-refractivity contribution in [1.82, 2.24) is 5.32 Å². The van der Waals surface area contributed by atoms with Gasteiger partial charge in [-0.1, -0.05) is 6.07 Å². The molecule has 6 heteroatoms. The first-order valence-corrected chi connectivity index (χ1v) is 6.68. The van der Waals surface area contributed by atoms with Crippen molar-refractivity contribution in [3.05, 3.63) is 23.8 Å². The lowest BCUT2D eigenvalue weighted by molar-refractivity contribution is -0.122. The summed E-state index contributed by atoms with van der Waals surface area (Å²) in [7, 11) is 0. The summed E-state index contributed by atoms with van der Waals surface area (Å²) in [5.41, 5.74) is 6.54. The van der Waals surface area contributed by atoms with Crippen LogP contribution in [0.25, 0.3) is 0 Å². The Balaban J connectivity index is 1.81. The Labute approximate surface area is 117 Å². The van der Waals surface area contributed by atoms with E-state index in [0.717, 1.165) is 13.0 Å². The van der Waals surface area contributed by atoms with E-state index in [4.69, 9.17) is 10.5 Å². The number of carbonyl (C=O) groups excluding carboxylic acids is 1. The molecule has 0 aliphatic carbocycles. The molecule has 1 heterocycles. The predicted molar refractivity (Wildman–Crippen MR) is 73.4 cm³/mol. The lowest BCUT2D eigenvalue weighted by atomic mass is 10.0. The molecule has 1 aliphatic rings. The first-order chi connectivity index (χ1) is 9.56. The molecule has 0 saturated carbocycles. The highest BCUT2D eigenvalue weighted by atomic mass is 16.5. The summed E-state index contributed by atoms with van der Waals surface area (Å²) in [6.45, 7) is 2.01. The van der Waals surface area contributed by atoms with Gasteiger partial charge in [-0.05, 0) is 30.5 Å². The minimum absolute atomic E-state index is 0.187. The van der Waals surface area contributed by atoms with Crippen molar-refractivity contribution in [2.45, 2.75) is 18.9 Å². The van der Waals surface area contributed by atoms with Gasteiger partial charge in [0.2, 0.25) is 5.91 Å². The molecule has 110 valence electrons. The van der Waals surface area contributed by atoms with E-state index in [1.165, 1.54) is 12.1 Å². The first kappa shape index (κ1) is 14.6. The molecule has 2 atom stereocenters. The highest BCUT2D eigenvalue weighted by Crippen LogP contribution is 2.25. The number of benzene rings is 1. The van der Waals surface area contributed by atoms with E-state index in [1.807, 2.05) is 0 Å². The molecule has 1 aromatic carbocycles. The van der Waals surface area contributed by atoms with E-state index in [2.05, 4.69) is 5.32 Å². The van der Waals surface area contributed by atoms with Gasteiger partial charge in [0.05, 0.1) is 12.6 Å². The van der Waals surface area contributed by atoms with Gasteiger partial charge in [-0.15, -0.1) is 0 Å². The maximum Gasteiger partial charge on any atom is 0.237 e. The van der Waals surface area contributed by atoms with E-state index < -0.39 is 6.04 Å². The third kappa shape index (κ3) is 3.85. The van der Waals surface area contributed by atoms with Gasteiger partial charge < -0.3 is 26.0 Å². The normalized spacial score (nSPS) is 19.8. The molecule has 0 radical (unpaired) electrons. The fourth-order valence-electron chi connectivity index (χ4n) is 2.16. The van der Waals surface area contributed by atoms with Crippen LogP contribution in [0.1, 0.15) is 12.0 Å². The number of phenolic OH excluding ortho intramolecular Hbond substituents is 2. The number of ether oxygens (including phenoxy) is 1. The molecule has 5 N–H and O–H groups in total. The first-order valence-electron chi connectivity index (χ1n) is 6.68. The monoisotopic (exact) mass is 280 g/mol. The number of amides is 1. The number of phenols is 2. The number of nitrogens with one attached hydrogen (secondary N) is 1. The number of rotatable bonds is 5. The Bertz CT molecular complexity index is 472. The lowest BCUT2D eigenvalue weighted by Crippen LogP contribution is -2.43. The van der Waals surface area contributed by atoms with Crippen LogP contribution in [-0.2, 0) is 16.0 Å². The molecule has 1 saturated heterocycles. The van der Waals surface area contributed by atoms with Crippen LogP contribution in [0, 0.1) is 5.92 Å². The molecule has 0 spiro atoms. The SMILES string of the molecule is N[C@@H](Cc1ccc(O)c(O)c1)C(=O)NCC1CCOC1. The molecule has 6 nitrogen and oxygen atoms in total. The summed E-state index contributed by atoms with van der Waals surface area (Å²) in [6.07, 6.45) is 1.27. The van der Waals surface area contributed by atoms with Gasteiger partial charge >= 0.3 is 0 Å². The van der Waals surface area contributed by atoms with E-state index in [1.54, 1.807) is 6.07 Å². The molecular weight excluding hydrogens is 260 g/mol. The van der Waals surface area contributed by atoms with Crippen molar-refractivity contribution in [1.29, 1.82) is 0 Å². The van der Waals surface area contributed by atoms with E-state index >= 15 is 0 Å². The Hall–Kier alpha value is -1.79. The fourth-order valence-corrected chi connectivity index (χ4v) is 2.16. The van der Waals surface area contributed by atoms with Crippen molar-refractivity contribution < 1.29 is 19.7 Å². The smallest absolute Gasteiger partial charge is 0.237 e. The van der Waals surface area contributed by atoms with Crippen LogP contribution in [0.15, 0.2) is 18.2 Å². The van der Waals surface area contributed by atoms with Crippen LogP contribution in [0.5, 0.6) is 11.5 Å². The highest BCUT2D eigenvalue weighted by molar-refractivity contribution is 5.81. The van der Waals surface area contributed by atoms with Gasteiger partial charge in [0.1, 0.15) is 0 Å². The zero-order chi connectivity index (χ0) is 14.5. The molecule has 1 unspecified atom stereocenters. The Morgan fingerprint density at radius 3 is 2.90 bits per heavy atom. The second-order valence-electron chi connectivity index (χ2n) is 5.11. The summed E-state index contributed by atoms with van der Waals surface area (Å²) < 4.78 is 5.24. The summed E-state index contributed by atoms with van der Waals surface area (Å²) in [4.78, 5) is 11.9. The minimum atomic E-state index is -0.679. The zero-order valence-electron chi connectivity index (χ0n) is 11.2. The predicted octanol–water partition coefficient (Wildman–Crippen LogP) is 0.120. The highest BCUT2D eigenvalue weighted by Gasteiger charge is 2.19. The Morgan fingerprint density at radius 1 is 1.45 bits per heavy atom. The van der Waals surface area contributed by atoms with Gasteiger partial charge in [0.15, 0.2) is 11.5 Å². The maximum atomic E-state index is 11.9. The number of hydrogen-bond donors (Lipinski definition) is 4. The van der Waals surface area contributed by atoms with Crippen LogP contribution < -0.4 is 11.1 Å². The molecule has 0 aromatic heterocycles. The number of carbonyl (C=O) groups is 1. The molecular formula is C14H20N2O4. The van der Waals surface area contributed by atoms with Gasteiger partial charge in [0.25, 0.3) is 0 Å². The summed E-state index contributed by atoms with van der Waals surface area (Å²) in [6, 6.07) is 3.74. The summed E-state index contributed by atoms with van der Waals surface area (Å²) in [5.74, 6) is -0.250. The van der Waals surface area contributed by atoms with Crippen LogP contribution in [0.2, 0.25) is 0 Å². The van der Waals surface area contributed by atoms with Crippen molar-refractivity contribution in [2.75, 3.05) is 19.8 Å². The lowest BCUT2D eigenvalue weighted by Gasteiger charge is -2.14. The van der Waals surface area contributed by atoms with Crippen molar-refractivity contribution in [3.63, 3.8) is 0 Å². The third-order valence-corrected chi connectivity index (χ3v) is 3.42. The van der Waals surface area contributed by atoms with Crippen molar-refractivity contribution in [3.8, 4) is 11.5 Å². The van der Waals surface area contributed by atoms with E-state index in [0.29, 0.717) is 31.1 Å². The molecule has 1 aromatic rings. The van der Waals surface area contributed by atoms with Crippen LogP contribution >= 0.6 is 0 Å². The molecule has 1 fully saturated rings. The molecule has 1 amide bonds. The Kier molecular flexibility index (Phi) is 4.81. The zero-order valence-corrected chi connectivity index (χ0v) is 11.2. The molecule has 2 rings (SSSR count). The summed E-state index contributed by atoms with van der Waals surface area (Å²) in [5, 5.41) is 21.4. The Morgan fingerprint density at radius 2 is 2.25 bits per heavy atom. The average Bonchev–Trinajstić information content (AvgIpc) is 2.93. The van der Waals surface area contributed by atoms with Gasteiger partial charge in [-0.3, -0.25) is 4.79 Å². The van der Waals surface area contributed by atoms with Crippen molar-refractivity contribution in [2.24, 2.45) is 11.7 Å². The van der Waals surface area contributed by atoms with Gasteiger partial charge in [-0.25, -0.2) is 0 Å². The second-order valence-corrected chi connectivity index (χ2v) is 5.11. The third-order valence-electron chi connectivity index (χ3n) is 3.42. The average molecular weight is 280 g/mol. The largest absolute Gasteiger partial charge is 0.504 e.